The van der Waals surface area contributed by atoms with Crippen LogP contribution in [0.2, 0.25) is 0 Å². The first-order valence-corrected chi connectivity index (χ1v) is 5.43. The number of ether oxygens (including phenoxy) is 1. The van der Waals surface area contributed by atoms with Gasteiger partial charge in [0.2, 0.25) is 0 Å². The van der Waals surface area contributed by atoms with Crippen molar-refractivity contribution in [3.63, 3.8) is 0 Å². The van der Waals surface area contributed by atoms with Gasteiger partial charge in [-0.2, -0.15) is 26.3 Å². The first-order chi connectivity index (χ1) is 9.03. The number of carbonyl (C=O) groups excluding carboxylic acids is 1. The van der Waals surface area contributed by atoms with Crippen LogP contribution in [-0.2, 0) is 28.3 Å². The van der Waals surface area contributed by atoms with Crippen molar-refractivity contribution in [1.29, 1.82) is 0 Å². The Bertz CT molecular complexity index is 490. The Labute approximate surface area is 110 Å². The molecule has 0 spiro atoms. The van der Waals surface area contributed by atoms with Crippen LogP contribution in [0.5, 0.6) is 0 Å². The minimum absolute atomic E-state index is 0.373. The summed E-state index contributed by atoms with van der Waals surface area (Å²) < 4.78 is 80.8. The molecule has 0 saturated heterocycles. The van der Waals surface area contributed by atoms with E-state index in [4.69, 9.17) is 0 Å². The van der Waals surface area contributed by atoms with Gasteiger partial charge in [0.05, 0.1) is 17.7 Å². The van der Waals surface area contributed by atoms with Gasteiger partial charge in [0.25, 0.3) is 0 Å². The van der Waals surface area contributed by atoms with Crippen molar-refractivity contribution in [2.24, 2.45) is 0 Å². The van der Waals surface area contributed by atoms with Crippen LogP contribution in [0.15, 0.2) is 18.2 Å². The van der Waals surface area contributed by atoms with Crippen molar-refractivity contribution in [2.45, 2.75) is 25.7 Å². The molecule has 0 aliphatic heterocycles. The van der Waals surface area contributed by atoms with Gasteiger partial charge in [-0.05, 0) is 11.6 Å². The van der Waals surface area contributed by atoms with Gasteiger partial charge in [-0.15, -0.1) is 0 Å². The molecule has 0 aromatic heterocycles. The van der Waals surface area contributed by atoms with E-state index in [9.17, 15) is 31.1 Å². The minimum Gasteiger partial charge on any atom is -0.466 e. The molecular formula is C12H10F6O2. The van der Waals surface area contributed by atoms with Crippen LogP contribution in [0, 0.1) is 0 Å². The van der Waals surface area contributed by atoms with E-state index in [1.807, 2.05) is 0 Å². The average Bonchev–Trinajstić information content (AvgIpc) is 2.25. The number of benzene rings is 1. The third kappa shape index (κ3) is 4.14. The van der Waals surface area contributed by atoms with Crippen LogP contribution >= 0.6 is 0 Å². The SMILES string of the molecule is CC(=O)OCCc1cccc(C(F)(F)F)c1C(F)(F)F. The Balaban J connectivity index is 3.20. The lowest BCUT2D eigenvalue weighted by Gasteiger charge is -2.19. The first kappa shape index (κ1) is 16.3. The van der Waals surface area contributed by atoms with E-state index in [1.165, 1.54) is 0 Å². The van der Waals surface area contributed by atoms with Crippen molar-refractivity contribution in [1.82, 2.24) is 0 Å². The molecule has 1 aromatic carbocycles. The lowest BCUT2D eigenvalue weighted by molar-refractivity contribution is -0.162. The van der Waals surface area contributed by atoms with E-state index in [1.54, 1.807) is 0 Å². The van der Waals surface area contributed by atoms with Gasteiger partial charge in [0.15, 0.2) is 0 Å². The zero-order chi connectivity index (χ0) is 15.6. The molecule has 0 aliphatic carbocycles. The van der Waals surface area contributed by atoms with Gasteiger partial charge in [-0.3, -0.25) is 4.79 Å². The van der Waals surface area contributed by atoms with Gasteiger partial charge < -0.3 is 4.74 Å². The maximum Gasteiger partial charge on any atom is 0.417 e. The Kier molecular flexibility index (Phi) is 4.67. The number of carbonyl (C=O) groups is 1. The standard InChI is InChI=1S/C12H10F6O2/c1-7(19)20-6-5-8-3-2-4-9(11(13,14)15)10(8)12(16,17)18/h2-4H,5-6H2,1H3. The number of esters is 1. The zero-order valence-corrected chi connectivity index (χ0v) is 10.2. The molecule has 0 amide bonds. The third-order valence-electron chi connectivity index (χ3n) is 2.42. The number of alkyl halides is 6. The molecular weight excluding hydrogens is 290 g/mol. The van der Waals surface area contributed by atoms with E-state index in [2.05, 4.69) is 4.74 Å². The highest BCUT2D eigenvalue weighted by molar-refractivity contribution is 5.65. The van der Waals surface area contributed by atoms with Crippen LogP contribution in [0.1, 0.15) is 23.6 Å². The van der Waals surface area contributed by atoms with Crippen LogP contribution in [0.4, 0.5) is 26.3 Å². The maximum atomic E-state index is 12.8. The summed E-state index contributed by atoms with van der Waals surface area (Å²) in [6, 6.07) is 2.20. The van der Waals surface area contributed by atoms with Crippen LogP contribution in [0.25, 0.3) is 0 Å². The van der Waals surface area contributed by atoms with Crippen molar-refractivity contribution >= 4 is 5.97 Å². The lowest BCUT2D eigenvalue weighted by Crippen LogP contribution is -2.19. The molecule has 0 atom stereocenters. The van der Waals surface area contributed by atoms with Crippen molar-refractivity contribution in [3.8, 4) is 0 Å². The predicted molar refractivity (Wildman–Crippen MR) is 56.8 cm³/mol. The summed E-state index contributed by atoms with van der Waals surface area (Å²) >= 11 is 0. The smallest absolute Gasteiger partial charge is 0.417 e. The van der Waals surface area contributed by atoms with Crippen molar-refractivity contribution in [2.75, 3.05) is 6.61 Å². The summed E-state index contributed by atoms with van der Waals surface area (Å²) in [6.45, 7) is 0.635. The Morgan fingerprint density at radius 2 is 1.70 bits per heavy atom. The van der Waals surface area contributed by atoms with Crippen molar-refractivity contribution < 1.29 is 35.9 Å². The molecule has 1 rings (SSSR count). The van der Waals surface area contributed by atoms with Crippen LogP contribution < -0.4 is 0 Å². The summed E-state index contributed by atoms with van der Waals surface area (Å²) in [4.78, 5) is 10.5. The number of rotatable bonds is 3. The largest absolute Gasteiger partial charge is 0.466 e. The normalized spacial score (nSPS) is 12.3. The molecule has 0 unspecified atom stereocenters. The fraction of sp³-hybridized carbons (Fsp3) is 0.417. The summed E-state index contributed by atoms with van der Waals surface area (Å²) in [5.41, 5.74) is -4.04. The fourth-order valence-electron chi connectivity index (χ4n) is 1.68. The van der Waals surface area contributed by atoms with E-state index >= 15 is 0 Å². The molecule has 1 aromatic rings. The lowest BCUT2D eigenvalue weighted by atomic mass is 9.98. The maximum absolute atomic E-state index is 12.8. The molecule has 20 heavy (non-hydrogen) atoms. The molecule has 0 aliphatic rings. The average molecular weight is 300 g/mol. The summed E-state index contributed by atoms with van der Waals surface area (Å²) in [5, 5.41) is 0. The van der Waals surface area contributed by atoms with E-state index in [0.29, 0.717) is 6.07 Å². The fourth-order valence-corrected chi connectivity index (χ4v) is 1.68. The van der Waals surface area contributed by atoms with Gasteiger partial charge in [0, 0.05) is 13.3 Å². The monoisotopic (exact) mass is 300 g/mol. The predicted octanol–water partition coefficient (Wildman–Crippen LogP) is 3.83. The molecule has 0 radical (unpaired) electrons. The molecule has 0 heterocycles. The highest BCUT2D eigenvalue weighted by Crippen LogP contribution is 2.42. The Morgan fingerprint density at radius 3 is 2.15 bits per heavy atom. The van der Waals surface area contributed by atoms with Crippen LogP contribution in [-0.4, -0.2) is 12.6 Å². The molecule has 0 saturated carbocycles. The minimum atomic E-state index is -5.14. The van der Waals surface area contributed by atoms with E-state index in [-0.39, 0.29) is 0 Å². The van der Waals surface area contributed by atoms with Gasteiger partial charge >= 0.3 is 18.3 Å². The quantitative estimate of drug-likeness (QED) is 0.626. The summed E-state index contributed by atoms with van der Waals surface area (Å²) in [5.74, 6) is -0.717. The Morgan fingerprint density at radius 1 is 1.10 bits per heavy atom. The van der Waals surface area contributed by atoms with Gasteiger partial charge in [-0.25, -0.2) is 0 Å². The summed E-state index contributed by atoms with van der Waals surface area (Å²) in [7, 11) is 0. The molecule has 2 nitrogen and oxygen atoms in total. The molecule has 0 N–H and O–H groups in total. The van der Waals surface area contributed by atoms with Gasteiger partial charge in [0.1, 0.15) is 0 Å². The van der Waals surface area contributed by atoms with Gasteiger partial charge in [-0.1, -0.05) is 12.1 Å². The number of hydrogen-bond donors (Lipinski definition) is 0. The van der Waals surface area contributed by atoms with Crippen molar-refractivity contribution in [3.05, 3.63) is 34.9 Å². The molecule has 0 bridgehead atoms. The molecule has 112 valence electrons. The number of hydrogen-bond acceptors (Lipinski definition) is 2. The number of halogens is 6. The zero-order valence-electron chi connectivity index (χ0n) is 10.2. The first-order valence-electron chi connectivity index (χ1n) is 5.43. The molecule has 0 fully saturated rings. The second kappa shape index (κ2) is 5.72. The van der Waals surface area contributed by atoms with Crippen LogP contribution in [0.3, 0.4) is 0 Å². The third-order valence-corrected chi connectivity index (χ3v) is 2.42. The Hall–Kier alpha value is -1.73. The van der Waals surface area contributed by atoms with E-state index < -0.39 is 48.0 Å². The second-order valence-electron chi connectivity index (χ2n) is 3.93. The highest BCUT2D eigenvalue weighted by Gasteiger charge is 2.44. The topological polar surface area (TPSA) is 26.3 Å². The molecule has 8 heteroatoms. The van der Waals surface area contributed by atoms with E-state index in [0.717, 1.165) is 19.1 Å². The highest BCUT2D eigenvalue weighted by atomic mass is 19.4. The second-order valence-corrected chi connectivity index (χ2v) is 3.93. The summed E-state index contributed by atoms with van der Waals surface area (Å²) in [6.07, 6.45) is -10.7.